The molecule has 30 heavy (non-hydrogen) atoms. The van der Waals surface area contributed by atoms with Crippen LogP contribution in [0.2, 0.25) is 0 Å². The van der Waals surface area contributed by atoms with Gasteiger partial charge < -0.3 is 16.4 Å². The molecule has 9 nitrogen and oxygen atoms in total. The Morgan fingerprint density at radius 3 is 2.43 bits per heavy atom. The zero-order valence-electron chi connectivity index (χ0n) is 16.7. The Morgan fingerprint density at radius 1 is 1.13 bits per heavy atom. The van der Waals surface area contributed by atoms with Crippen molar-refractivity contribution in [3.05, 3.63) is 57.6 Å². The van der Waals surface area contributed by atoms with Gasteiger partial charge in [-0.1, -0.05) is 19.9 Å². The molecule has 0 saturated carbocycles. The molecule has 2 aromatic rings. The highest BCUT2D eigenvalue weighted by Crippen LogP contribution is 2.30. The van der Waals surface area contributed by atoms with E-state index in [1.807, 2.05) is 6.92 Å². The fourth-order valence-electron chi connectivity index (χ4n) is 2.39. The van der Waals surface area contributed by atoms with Gasteiger partial charge in [-0.15, -0.1) is 11.8 Å². The molecular weight excluding hydrogens is 408 g/mol. The van der Waals surface area contributed by atoms with Crippen LogP contribution in [-0.2, 0) is 9.59 Å². The van der Waals surface area contributed by atoms with Gasteiger partial charge in [-0.05, 0) is 36.8 Å². The van der Waals surface area contributed by atoms with E-state index in [0.29, 0.717) is 11.4 Å². The van der Waals surface area contributed by atoms with Gasteiger partial charge >= 0.3 is 0 Å². The molecule has 2 rings (SSSR count). The van der Waals surface area contributed by atoms with Gasteiger partial charge in [0.1, 0.15) is 0 Å². The van der Waals surface area contributed by atoms with Crippen LogP contribution in [0.25, 0.3) is 0 Å². The topological polar surface area (TPSA) is 144 Å². The van der Waals surface area contributed by atoms with Crippen molar-refractivity contribution in [2.24, 2.45) is 11.7 Å². The summed E-state index contributed by atoms with van der Waals surface area (Å²) in [6.45, 7) is 5.36. The number of anilines is 2. The van der Waals surface area contributed by atoms with Crippen molar-refractivity contribution in [2.75, 3.05) is 16.4 Å². The number of nitro groups is 1. The monoisotopic (exact) mass is 430 g/mol. The molecule has 0 atom stereocenters. The number of primary amides is 1. The number of hydrogen-bond donors (Lipinski definition) is 3. The number of nitrogens with one attached hydrogen (secondary N) is 2. The largest absolute Gasteiger partial charge is 0.366 e. The molecule has 2 aromatic carbocycles. The van der Waals surface area contributed by atoms with Gasteiger partial charge in [-0.2, -0.15) is 0 Å². The third kappa shape index (κ3) is 6.05. The number of nitro benzene ring substituents is 1. The van der Waals surface area contributed by atoms with Crippen molar-refractivity contribution in [1.29, 1.82) is 0 Å². The van der Waals surface area contributed by atoms with Crippen LogP contribution in [0.15, 0.2) is 41.3 Å². The zero-order chi connectivity index (χ0) is 22.4. The minimum atomic E-state index is -0.771. The van der Waals surface area contributed by atoms with Crippen molar-refractivity contribution in [3.8, 4) is 0 Å². The molecule has 10 heteroatoms. The first-order chi connectivity index (χ1) is 14.1. The lowest BCUT2D eigenvalue weighted by molar-refractivity contribution is -0.387. The van der Waals surface area contributed by atoms with Crippen LogP contribution in [0.3, 0.4) is 0 Å². The summed E-state index contributed by atoms with van der Waals surface area (Å²) in [7, 11) is 0. The average molecular weight is 430 g/mol. The predicted molar refractivity (Wildman–Crippen MR) is 116 cm³/mol. The smallest absolute Gasteiger partial charge is 0.283 e. The van der Waals surface area contributed by atoms with E-state index in [-0.39, 0.29) is 39.6 Å². The van der Waals surface area contributed by atoms with Crippen LogP contribution in [0.1, 0.15) is 29.8 Å². The Balaban J connectivity index is 2.09. The maximum absolute atomic E-state index is 12.4. The molecule has 0 bridgehead atoms. The van der Waals surface area contributed by atoms with Crippen LogP contribution in [0.4, 0.5) is 17.1 Å². The fraction of sp³-hybridized carbons (Fsp3) is 0.250. The van der Waals surface area contributed by atoms with E-state index in [2.05, 4.69) is 10.6 Å². The highest BCUT2D eigenvalue weighted by atomic mass is 32.2. The second-order valence-corrected chi connectivity index (χ2v) is 7.83. The highest BCUT2D eigenvalue weighted by Gasteiger charge is 2.18. The molecular formula is C20H22N4O5S. The summed E-state index contributed by atoms with van der Waals surface area (Å²) in [4.78, 5) is 46.3. The van der Waals surface area contributed by atoms with Crippen LogP contribution >= 0.6 is 11.8 Å². The van der Waals surface area contributed by atoms with Gasteiger partial charge in [0.15, 0.2) is 0 Å². The van der Waals surface area contributed by atoms with Gasteiger partial charge in [0.05, 0.1) is 15.6 Å². The third-order valence-electron chi connectivity index (χ3n) is 4.10. The molecule has 0 radical (unpaired) electrons. The Labute approximate surface area is 177 Å². The van der Waals surface area contributed by atoms with Crippen molar-refractivity contribution < 1.29 is 19.3 Å². The molecule has 0 heterocycles. The van der Waals surface area contributed by atoms with Gasteiger partial charge in [0.25, 0.3) is 5.69 Å². The molecule has 3 amide bonds. The number of rotatable bonds is 8. The van der Waals surface area contributed by atoms with Crippen LogP contribution in [0, 0.1) is 23.0 Å². The lowest BCUT2D eigenvalue weighted by atomic mass is 10.1. The minimum absolute atomic E-state index is 0.0198. The maximum atomic E-state index is 12.4. The van der Waals surface area contributed by atoms with Gasteiger partial charge in [0, 0.05) is 28.9 Å². The Morgan fingerprint density at radius 2 is 1.83 bits per heavy atom. The van der Waals surface area contributed by atoms with Crippen LogP contribution < -0.4 is 16.4 Å². The SMILES string of the molecule is Cc1ccc(NC(=O)C(C)C)cc1NC(=O)CSc1ccc(C(N)=O)cc1[N+](=O)[O-]. The first kappa shape index (κ1) is 22.9. The van der Waals surface area contributed by atoms with Crippen molar-refractivity contribution in [1.82, 2.24) is 0 Å². The average Bonchev–Trinajstić information content (AvgIpc) is 2.68. The first-order valence-corrected chi connectivity index (χ1v) is 9.99. The van der Waals surface area contributed by atoms with E-state index in [0.717, 1.165) is 23.4 Å². The minimum Gasteiger partial charge on any atom is -0.366 e. The number of hydrogen-bond acceptors (Lipinski definition) is 6. The normalized spacial score (nSPS) is 10.5. The van der Waals surface area contributed by atoms with E-state index in [1.165, 1.54) is 12.1 Å². The molecule has 0 spiro atoms. The van der Waals surface area contributed by atoms with E-state index in [4.69, 9.17) is 5.73 Å². The second kappa shape index (κ2) is 9.88. The molecule has 0 aliphatic rings. The molecule has 0 aromatic heterocycles. The third-order valence-corrected chi connectivity index (χ3v) is 5.17. The molecule has 0 saturated heterocycles. The van der Waals surface area contributed by atoms with E-state index < -0.39 is 10.8 Å². The number of nitrogens with zero attached hydrogens (tertiary/aromatic N) is 1. The number of aryl methyl sites for hydroxylation is 1. The van der Waals surface area contributed by atoms with E-state index in [9.17, 15) is 24.5 Å². The quantitative estimate of drug-likeness (QED) is 0.333. The highest BCUT2D eigenvalue weighted by molar-refractivity contribution is 8.00. The summed E-state index contributed by atoms with van der Waals surface area (Å²) in [6.07, 6.45) is 0. The predicted octanol–water partition coefficient (Wildman–Crippen LogP) is 3.33. The summed E-state index contributed by atoms with van der Waals surface area (Å²) in [5.41, 5.74) is 6.76. The van der Waals surface area contributed by atoms with Gasteiger partial charge in [-0.3, -0.25) is 24.5 Å². The van der Waals surface area contributed by atoms with Gasteiger partial charge in [0.2, 0.25) is 17.7 Å². The summed E-state index contributed by atoms with van der Waals surface area (Å²) >= 11 is 0.972. The number of carbonyl (C=O) groups is 3. The van der Waals surface area contributed by atoms with Crippen molar-refractivity contribution in [3.63, 3.8) is 0 Å². The van der Waals surface area contributed by atoms with E-state index >= 15 is 0 Å². The standard InChI is InChI=1S/C20H22N4O5S/c1-11(2)20(27)22-14-6-4-12(3)15(9-14)23-18(25)10-30-17-7-5-13(19(21)26)8-16(17)24(28)29/h4-9,11H,10H2,1-3H3,(H2,21,26)(H,22,27)(H,23,25). The van der Waals surface area contributed by atoms with E-state index in [1.54, 1.807) is 32.0 Å². The Hall–Kier alpha value is -3.40. The summed E-state index contributed by atoms with van der Waals surface area (Å²) in [6, 6.07) is 9.02. The number of benzene rings is 2. The Kier molecular flexibility index (Phi) is 7.54. The summed E-state index contributed by atoms with van der Waals surface area (Å²) in [5.74, 6) is -1.55. The lowest BCUT2D eigenvalue weighted by Crippen LogP contribution is -2.18. The Bertz CT molecular complexity index is 1010. The number of amides is 3. The molecule has 0 aliphatic carbocycles. The first-order valence-electron chi connectivity index (χ1n) is 9.01. The fourth-order valence-corrected chi connectivity index (χ4v) is 3.19. The summed E-state index contributed by atoms with van der Waals surface area (Å²) in [5, 5.41) is 16.8. The summed E-state index contributed by atoms with van der Waals surface area (Å²) < 4.78 is 0. The van der Waals surface area contributed by atoms with Gasteiger partial charge in [-0.25, -0.2) is 0 Å². The number of thioether (sulfide) groups is 1. The van der Waals surface area contributed by atoms with Crippen molar-refractivity contribution in [2.45, 2.75) is 25.7 Å². The number of carbonyl (C=O) groups excluding carboxylic acids is 3. The molecule has 0 aliphatic heterocycles. The number of nitrogens with two attached hydrogens (primary N) is 1. The zero-order valence-corrected chi connectivity index (χ0v) is 17.5. The molecule has 4 N–H and O–H groups in total. The van der Waals surface area contributed by atoms with Crippen LogP contribution in [-0.4, -0.2) is 28.4 Å². The van der Waals surface area contributed by atoms with Crippen LogP contribution in [0.5, 0.6) is 0 Å². The molecule has 0 unspecified atom stereocenters. The maximum Gasteiger partial charge on any atom is 0.283 e. The second-order valence-electron chi connectivity index (χ2n) is 6.81. The lowest BCUT2D eigenvalue weighted by Gasteiger charge is -2.12. The molecule has 158 valence electrons. The molecule has 0 fully saturated rings. The van der Waals surface area contributed by atoms with Crippen molar-refractivity contribution >= 4 is 46.5 Å².